The second kappa shape index (κ2) is 2.13. The van der Waals surface area contributed by atoms with Gasteiger partial charge in [0.2, 0.25) is 6.29 Å². The summed E-state index contributed by atoms with van der Waals surface area (Å²) in [7, 11) is 0. The van der Waals surface area contributed by atoms with Gasteiger partial charge < -0.3 is 9.84 Å². The van der Waals surface area contributed by atoms with E-state index in [0.717, 1.165) is 12.8 Å². The van der Waals surface area contributed by atoms with E-state index >= 15 is 0 Å². The molecule has 46 valence electrons. The van der Waals surface area contributed by atoms with E-state index in [2.05, 4.69) is 4.74 Å². The molecule has 3 nitrogen and oxygen atoms in total. The van der Waals surface area contributed by atoms with Crippen molar-refractivity contribution in [3.8, 4) is 0 Å². The quantitative estimate of drug-likeness (QED) is 0.413. The van der Waals surface area contributed by atoms with Crippen LogP contribution in [0.15, 0.2) is 0 Å². The Balaban J connectivity index is 2.12. The Morgan fingerprint density at radius 1 is 1.75 bits per heavy atom. The van der Waals surface area contributed by atoms with Crippen LogP contribution >= 0.6 is 0 Å². The van der Waals surface area contributed by atoms with Crippen molar-refractivity contribution in [1.82, 2.24) is 0 Å². The van der Waals surface area contributed by atoms with Crippen LogP contribution in [0.25, 0.3) is 0 Å². The van der Waals surface area contributed by atoms with Crippen LogP contribution in [0.2, 0.25) is 0 Å². The molecular formula is C5H8O3. The molecule has 1 atom stereocenters. The van der Waals surface area contributed by atoms with Crippen LogP contribution in [-0.4, -0.2) is 17.9 Å². The molecule has 1 aliphatic rings. The molecule has 1 fully saturated rings. The molecule has 1 N–H and O–H groups in total. The summed E-state index contributed by atoms with van der Waals surface area (Å²) in [6.45, 7) is 0.281. The predicted molar refractivity (Wildman–Crippen MR) is 25.9 cm³/mol. The van der Waals surface area contributed by atoms with Gasteiger partial charge in [-0.25, -0.2) is 0 Å². The van der Waals surface area contributed by atoms with Crippen molar-refractivity contribution < 1.29 is 14.6 Å². The molecule has 0 amide bonds. The van der Waals surface area contributed by atoms with Crippen molar-refractivity contribution in [2.75, 3.05) is 0 Å². The highest BCUT2D eigenvalue weighted by molar-refractivity contribution is 5.37. The molecule has 0 aromatic heterocycles. The average molecular weight is 116 g/mol. The minimum Gasteiger partial charge on any atom is -0.438 e. The number of hydrogen-bond donors (Lipinski definition) is 1. The fourth-order valence-corrected chi connectivity index (χ4v) is 0.549. The molecule has 3 heteroatoms. The first-order valence-electron chi connectivity index (χ1n) is 2.62. The zero-order valence-corrected chi connectivity index (χ0v) is 4.41. The van der Waals surface area contributed by atoms with Gasteiger partial charge in [0.1, 0.15) is 0 Å². The van der Waals surface area contributed by atoms with Crippen molar-refractivity contribution in [3.05, 3.63) is 0 Å². The van der Waals surface area contributed by atoms with Crippen LogP contribution in [0.3, 0.4) is 0 Å². The lowest BCUT2D eigenvalue weighted by Gasteiger charge is -2.03. The molecule has 1 unspecified atom stereocenters. The molecule has 0 saturated heterocycles. The number of carbonyl (C=O) groups excluding carboxylic acids is 1. The van der Waals surface area contributed by atoms with E-state index in [4.69, 9.17) is 5.11 Å². The highest BCUT2D eigenvalue weighted by Crippen LogP contribution is 2.32. The summed E-state index contributed by atoms with van der Waals surface area (Å²) < 4.78 is 4.24. The minimum atomic E-state index is -0.840. The molecule has 0 bridgehead atoms. The van der Waals surface area contributed by atoms with E-state index in [0.29, 0.717) is 0 Å². The number of hydrogen-bond acceptors (Lipinski definition) is 3. The van der Waals surface area contributed by atoms with Gasteiger partial charge in [-0.1, -0.05) is 0 Å². The Hall–Kier alpha value is -0.570. The first kappa shape index (κ1) is 5.56. The maximum absolute atomic E-state index is 9.57. The number of aliphatic hydroxyl groups excluding tert-OH is 1. The summed E-state index contributed by atoms with van der Waals surface area (Å²) in [6.07, 6.45) is 1.12. The Labute approximate surface area is 47.3 Å². The summed E-state index contributed by atoms with van der Waals surface area (Å²) in [5.41, 5.74) is 0. The predicted octanol–water partition coefficient (Wildman–Crippen LogP) is -0.112. The van der Waals surface area contributed by atoms with Crippen molar-refractivity contribution in [3.63, 3.8) is 0 Å². The van der Waals surface area contributed by atoms with Crippen molar-refractivity contribution in [2.24, 2.45) is 5.92 Å². The van der Waals surface area contributed by atoms with Gasteiger partial charge in [-0.15, -0.1) is 0 Å². The molecule has 8 heavy (non-hydrogen) atoms. The summed E-state index contributed by atoms with van der Waals surface area (Å²) in [4.78, 5) is 9.57. The first-order chi connectivity index (χ1) is 3.84. The van der Waals surface area contributed by atoms with E-state index in [-0.39, 0.29) is 12.4 Å². The lowest BCUT2D eigenvalue weighted by atomic mass is 10.4. The standard InChI is InChI=1S/C5H8O3/c6-3-8-5(7)4-1-2-4/h3-5,7H,1-2H2. The van der Waals surface area contributed by atoms with Gasteiger partial charge in [-0.3, -0.25) is 4.79 Å². The van der Waals surface area contributed by atoms with E-state index in [1.165, 1.54) is 0 Å². The van der Waals surface area contributed by atoms with E-state index in [1.807, 2.05) is 0 Å². The largest absolute Gasteiger partial charge is 0.438 e. The van der Waals surface area contributed by atoms with Crippen LogP contribution in [0, 0.1) is 5.92 Å². The van der Waals surface area contributed by atoms with Crippen molar-refractivity contribution in [2.45, 2.75) is 19.1 Å². The van der Waals surface area contributed by atoms with E-state index < -0.39 is 6.29 Å². The number of ether oxygens (including phenoxy) is 1. The number of rotatable bonds is 3. The molecule has 0 aliphatic heterocycles. The van der Waals surface area contributed by atoms with Gasteiger partial charge in [0.15, 0.2) is 0 Å². The fraction of sp³-hybridized carbons (Fsp3) is 0.800. The molecule has 0 spiro atoms. The van der Waals surface area contributed by atoms with Gasteiger partial charge >= 0.3 is 0 Å². The Kier molecular flexibility index (Phi) is 1.48. The fourth-order valence-electron chi connectivity index (χ4n) is 0.549. The minimum absolute atomic E-state index is 0.222. The number of aliphatic hydroxyl groups is 1. The van der Waals surface area contributed by atoms with Crippen LogP contribution in [0.4, 0.5) is 0 Å². The van der Waals surface area contributed by atoms with Gasteiger partial charge in [0, 0.05) is 5.92 Å². The topological polar surface area (TPSA) is 46.5 Å². The third kappa shape index (κ3) is 1.20. The van der Waals surface area contributed by atoms with E-state index in [9.17, 15) is 4.79 Å². The molecule has 1 saturated carbocycles. The zero-order chi connectivity index (χ0) is 5.98. The summed E-state index contributed by atoms with van der Waals surface area (Å²) in [5.74, 6) is 0.222. The van der Waals surface area contributed by atoms with Crippen LogP contribution in [0.1, 0.15) is 12.8 Å². The Morgan fingerprint density at radius 3 is 2.75 bits per heavy atom. The third-order valence-corrected chi connectivity index (χ3v) is 1.22. The normalized spacial score (nSPS) is 22.1. The smallest absolute Gasteiger partial charge is 0.295 e. The zero-order valence-electron chi connectivity index (χ0n) is 4.41. The molecule has 1 aliphatic carbocycles. The maximum Gasteiger partial charge on any atom is 0.295 e. The van der Waals surface area contributed by atoms with Crippen LogP contribution in [0.5, 0.6) is 0 Å². The molecule has 1 rings (SSSR count). The summed E-state index contributed by atoms with van der Waals surface area (Å²) in [6, 6.07) is 0. The Bertz CT molecular complexity index is 87.7. The SMILES string of the molecule is O=COC(O)C1CC1. The summed E-state index contributed by atoms with van der Waals surface area (Å²) >= 11 is 0. The Morgan fingerprint density at radius 2 is 2.38 bits per heavy atom. The highest BCUT2D eigenvalue weighted by Gasteiger charge is 2.30. The van der Waals surface area contributed by atoms with Gasteiger partial charge in [-0.2, -0.15) is 0 Å². The van der Waals surface area contributed by atoms with Crippen LogP contribution < -0.4 is 0 Å². The van der Waals surface area contributed by atoms with Crippen molar-refractivity contribution >= 4 is 6.47 Å². The molecular weight excluding hydrogens is 108 g/mol. The van der Waals surface area contributed by atoms with Gasteiger partial charge in [0.25, 0.3) is 6.47 Å². The number of carbonyl (C=O) groups is 1. The van der Waals surface area contributed by atoms with Crippen LogP contribution in [-0.2, 0) is 9.53 Å². The van der Waals surface area contributed by atoms with Crippen molar-refractivity contribution in [1.29, 1.82) is 0 Å². The molecule has 0 radical (unpaired) electrons. The lowest BCUT2D eigenvalue weighted by Crippen LogP contribution is -2.12. The van der Waals surface area contributed by atoms with Gasteiger partial charge in [0.05, 0.1) is 0 Å². The summed E-state index contributed by atoms with van der Waals surface area (Å²) in [5, 5.41) is 8.74. The first-order valence-corrected chi connectivity index (χ1v) is 2.62. The highest BCUT2D eigenvalue weighted by atomic mass is 16.6. The van der Waals surface area contributed by atoms with E-state index in [1.54, 1.807) is 0 Å². The molecule has 0 aromatic carbocycles. The van der Waals surface area contributed by atoms with Gasteiger partial charge in [-0.05, 0) is 12.8 Å². The molecule has 0 aromatic rings. The maximum atomic E-state index is 9.57. The lowest BCUT2D eigenvalue weighted by molar-refractivity contribution is -0.155. The third-order valence-electron chi connectivity index (χ3n) is 1.22. The second-order valence-corrected chi connectivity index (χ2v) is 1.96. The second-order valence-electron chi connectivity index (χ2n) is 1.96. The molecule has 0 heterocycles. The monoisotopic (exact) mass is 116 g/mol. The average Bonchev–Trinajstić information content (AvgIpc) is 2.45.